The number of carbonyl (C=O) groups excluding carboxylic acids is 1. The molecule has 0 aliphatic rings. The van der Waals surface area contributed by atoms with Crippen molar-refractivity contribution in [2.75, 3.05) is 0 Å². The van der Waals surface area contributed by atoms with Gasteiger partial charge < -0.3 is 0 Å². The van der Waals surface area contributed by atoms with Crippen molar-refractivity contribution in [1.82, 2.24) is 0 Å². The fourth-order valence-electron chi connectivity index (χ4n) is 0. The smallest absolute Gasteiger partial charge is 0.218 e. The van der Waals surface area contributed by atoms with Gasteiger partial charge in [-0.1, -0.05) is 13.8 Å². The van der Waals surface area contributed by atoms with Gasteiger partial charge in [-0.15, -0.1) is 0 Å². The van der Waals surface area contributed by atoms with Crippen molar-refractivity contribution < 1.29 is 4.79 Å². The summed E-state index contributed by atoms with van der Waals surface area (Å²) in [7, 11) is 0. The van der Waals surface area contributed by atoms with Gasteiger partial charge in [0.1, 0.15) is 0 Å². The summed E-state index contributed by atoms with van der Waals surface area (Å²) in [6.07, 6.45) is 0. The molecule has 0 aromatic carbocycles. The first kappa shape index (κ1) is 9.35. The van der Waals surface area contributed by atoms with Crippen LogP contribution in [0.4, 0.5) is 0 Å². The molecule has 0 aliphatic carbocycles. The average Bonchev–Trinajstić information content (AvgIpc) is 1.41. The summed E-state index contributed by atoms with van der Waals surface area (Å²) in [5.41, 5.74) is 0. The lowest BCUT2D eigenvalue weighted by molar-refractivity contribution is -0.109. The lowest BCUT2D eigenvalue weighted by Crippen LogP contribution is -1.62. The van der Waals surface area contributed by atoms with E-state index < -0.39 is 0 Å². The molecule has 0 aromatic rings. The molecule has 6 heavy (non-hydrogen) atoms. The number of rotatable bonds is 0. The summed E-state index contributed by atoms with van der Waals surface area (Å²) in [6.45, 7) is 5.29. The molecule has 0 aromatic heterocycles. The Hall–Kier alpha value is -0.0400. The topological polar surface area (TPSA) is 17.1 Å². The second-order valence-electron chi connectivity index (χ2n) is 0.470. The molecule has 2 heteroatoms. The van der Waals surface area contributed by atoms with E-state index in [0.29, 0.717) is 0 Å². The van der Waals surface area contributed by atoms with Crippen molar-refractivity contribution in [2.45, 2.75) is 20.8 Å². The highest BCUT2D eigenvalue weighted by molar-refractivity contribution is 6.62. The van der Waals surface area contributed by atoms with Crippen LogP contribution in [0, 0.1) is 0 Å². The van der Waals surface area contributed by atoms with E-state index in [-0.39, 0.29) is 5.24 Å². The van der Waals surface area contributed by atoms with Crippen LogP contribution < -0.4 is 0 Å². The maximum atomic E-state index is 9.21. The van der Waals surface area contributed by atoms with Gasteiger partial charge in [-0.25, -0.2) is 0 Å². The van der Waals surface area contributed by atoms with Crippen molar-refractivity contribution in [1.29, 1.82) is 0 Å². The molecular weight excluding hydrogens is 99.5 g/mol. The van der Waals surface area contributed by atoms with Gasteiger partial charge in [0, 0.05) is 6.92 Å². The van der Waals surface area contributed by atoms with Crippen LogP contribution in [0.3, 0.4) is 0 Å². The highest BCUT2D eigenvalue weighted by Crippen LogP contribution is 1.67. The third-order valence-electron chi connectivity index (χ3n) is 0. The summed E-state index contributed by atoms with van der Waals surface area (Å²) in [4.78, 5) is 9.21. The van der Waals surface area contributed by atoms with Crippen LogP contribution in [-0.2, 0) is 4.79 Å². The van der Waals surface area contributed by atoms with E-state index in [0.717, 1.165) is 0 Å². The van der Waals surface area contributed by atoms with Crippen molar-refractivity contribution in [2.24, 2.45) is 0 Å². The summed E-state index contributed by atoms with van der Waals surface area (Å²) in [5.74, 6) is 0. The molecule has 0 atom stereocenters. The molecule has 0 radical (unpaired) electrons. The van der Waals surface area contributed by atoms with Gasteiger partial charge in [-0.2, -0.15) is 0 Å². The van der Waals surface area contributed by atoms with E-state index in [2.05, 4.69) is 11.6 Å². The molecule has 0 rings (SSSR count). The first-order valence-electron chi connectivity index (χ1n) is 1.89. The summed E-state index contributed by atoms with van der Waals surface area (Å²) < 4.78 is 0. The van der Waals surface area contributed by atoms with Crippen LogP contribution in [0.5, 0.6) is 0 Å². The molecule has 0 N–H and O–H groups in total. The Morgan fingerprint density at radius 2 is 1.50 bits per heavy atom. The first-order valence-corrected chi connectivity index (χ1v) is 2.27. The molecule has 0 unspecified atom stereocenters. The zero-order valence-corrected chi connectivity index (χ0v) is 5.04. The van der Waals surface area contributed by atoms with E-state index in [9.17, 15) is 4.79 Å². The van der Waals surface area contributed by atoms with Crippen LogP contribution in [0.2, 0.25) is 0 Å². The molecule has 0 spiro atoms. The quantitative estimate of drug-likeness (QED) is 0.433. The van der Waals surface area contributed by atoms with Gasteiger partial charge in [0.25, 0.3) is 0 Å². The predicted molar refractivity (Wildman–Crippen MR) is 27.9 cm³/mol. The van der Waals surface area contributed by atoms with Gasteiger partial charge >= 0.3 is 0 Å². The SMILES string of the molecule is CC.CC(=O)Cl. The van der Waals surface area contributed by atoms with Gasteiger partial charge in [0.2, 0.25) is 5.24 Å². The lowest BCUT2D eigenvalue weighted by atomic mass is 10.9. The van der Waals surface area contributed by atoms with Crippen molar-refractivity contribution in [3.05, 3.63) is 0 Å². The molecule has 0 aliphatic heterocycles. The monoisotopic (exact) mass is 108 g/mol. The van der Waals surface area contributed by atoms with Gasteiger partial charge in [-0.3, -0.25) is 4.79 Å². The minimum Gasteiger partial charge on any atom is -0.282 e. The van der Waals surface area contributed by atoms with Crippen LogP contribution in [0.1, 0.15) is 20.8 Å². The zero-order chi connectivity index (χ0) is 5.58. The molecule has 0 saturated carbocycles. The number of halogens is 1. The normalized spacial score (nSPS) is 5.33. The van der Waals surface area contributed by atoms with Crippen LogP contribution in [0.25, 0.3) is 0 Å². The van der Waals surface area contributed by atoms with E-state index in [1.54, 1.807) is 0 Å². The minimum absolute atomic E-state index is 0.361. The maximum absolute atomic E-state index is 9.21. The van der Waals surface area contributed by atoms with E-state index in [1.807, 2.05) is 13.8 Å². The molecule has 0 amide bonds. The third-order valence-corrected chi connectivity index (χ3v) is 0. The Bertz CT molecular complexity index is 30.5. The maximum Gasteiger partial charge on any atom is 0.218 e. The Balaban J connectivity index is 0. The zero-order valence-electron chi connectivity index (χ0n) is 4.29. The summed E-state index contributed by atoms with van der Waals surface area (Å²) in [6, 6.07) is 0. The summed E-state index contributed by atoms with van der Waals surface area (Å²) >= 11 is 4.64. The molecule has 38 valence electrons. The van der Waals surface area contributed by atoms with E-state index >= 15 is 0 Å². The standard InChI is InChI=1S/C2H3ClO.C2H6/c1-2(3)4;1-2/h1H3;1-2H3. The number of hydrogen-bond acceptors (Lipinski definition) is 1. The minimum atomic E-state index is -0.361. The van der Waals surface area contributed by atoms with Crippen molar-refractivity contribution in [3.8, 4) is 0 Å². The largest absolute Gasteiger partial charge is 0.282 e. The van der Waals surface area contributed by atoms with E-state index in [4.69, 9.17) is 0 Å². The highest BCUT2D eigenvalue weighted by Gasteiger charge is 1.67. The number of carbonyl (C=O) groups is 1. The van der Waals surface area contributed by atoms with Gasteiger partial charge in [0.15, 0.2) is 0 Å². The second kappa shape index (κ2) is 8.88. The van der Waals surface area contributed by atoms with E-state index in [1.165, 1.54) is 6.92 Å². The Morgan fingerprint density at radius 1 is 1.50 bits per heavy atom. The van der Waals surface area contributed by atoms with Crippen LogP contribution in [0.15, 0.2) is 0 Å². The molecular formula is C4H9ClO. The summed E-state index contributed by atoms with van der Waals surface area (Å²) in [5, 5.41) is -0.361. The average molecular weight is 109 g/mol. The number of hydrogen-bond donors (Lipinski definition) is 0. The van der Waals surface area contributed by atoms with Gasteiger partial charge in [-0.05, 0) is 11.6 Å². The van der Waals surface area contributed by atoms with Crippen molar-refractivity contribution in [3.63, 3.8) is 0 Å². The molecule has 0 heterocycles. The van der Waals surface area contributed by atoms with Crippen molar-refractivity contribution >= 4 is 16.8 Å². The lowest BCUT2D eigenvalue weighted by Gasteiger charge is -1.52. The third kappa shape index (κ3) is 21700. The molecule has 0 fully saturated rings. The Labute approximate surface area is 43.3 Å². The van der Waals surface area contributed by atoms with Gasteiger partial charge in [0.05, 0.1) is 0 Å². The fourth-order valence-corrected chi connectivity index (χ4v) is 0. The second-order valence-corrected chi connectivity index (χ2v) is 1.00. The fraction of sp³-hybridized carbons (Fsp3) is 0.750. The first-order chi connectivity index (χ1) is 2.73. The predicted octanol–water partition coefficient (Wildman–Crippen LogP) is 1.80. The molecule has 0 bridgehead atoms. The van der Waals surface area contributed by atoms with Crippen LogP contribution >= 0.6 is 11.6 Å². The van der Waals surface area contributed by atoms with Crippen LogP contribution in [-0.4, -0.2) is 5.24 Å². The molecule has 0 saturated heterocycles. The molecule has 1 nitrogen and oxygen atoms in total. The Kier molecular flexibility index (Phi) is 13.8. The highest BCUT2D eigenvalue weighted by atomic mass is 35.5. The Morgan fingerprint density at radius 3 is 1.50 bits per heavy atom.